The number of hydrogen-bond acceptors (Lipinski definition) is 4. The summed E-state index contributed by atoms with van der Waals surface area (Å²) < 4.78 is 0. The molecule has 2 rings (SSSR count). The van der Waals surface area contributed by atoms with Crippen molar-refractivity contribution in [1.82, 2.24) is 4.90 Å². The molecule has 6 heteroatoms. The van der Waals surface area contributed by atoms with Crippen LogP contribution >= 0.6 is 0 Å². The standard InChI is InChI=1S/C13H16N2O4/c16-13(17)12(14-8-2-1-3-9-14)10-4-6-11(7-5-10)15(18)19/h4-7,12H,1-3,8-9H2,(H,16,17). The molecule has 1 fully saturated rings. The second-order valence-corrected chi connectivity index (χ2v) is 4.69. The monoisotopic (exact) mass is 264 g/mol. The first-order chi connectivity index (χ1) is 9.09. The number of nitro benzene ring substituents is 1. The van der Waals surface area contributed by atoms with Crippen molar-refractivity contribution < 1.29 is 14.8 Å². The average Bonchev–Trinajstić information content (AvgIpc) is 2.40. The van der Waals surface area contributed by atoms with Crippen LogP contribution in [-0.4, -0.2) is 34.0 Å². The number of piperidine rings is 1. The van der Waals surface area contributed by atoms with E-state index in [0.29, 0.717) is 5.56 Å². The largest absolute Gasteiger partial charge is 0.480 e. The van der Waals surface area contributed by atoms with Crippen LogP contribution in [0.5, 0.6) is 0 Å². The van der Waals surface area contributed by atoms with Gasteiger partial charge in [0.2, 0.25) is 0 Å². The Morgan fingerprint density at radius 3 is 2.26 bits per heavy atom. The molecule has 1 aliphatic rings. The van der Waals surface area contributed by atoms with Crippen LogP contribution in [0, 0.1) is 10.1 Å². The molecule has 0 amide bonds. The van der Waals surface area contributed by atoms with E-state index in [9.17, 15) is 20.0 Å². The van der Waals surface area contributed by atoms with Crippen molar-refractivity contribution in [3.05, 3.63) is 39.9 Å². The summed E-state index contributed by atoms with van der Waals surface area (Å²) in [6.07, 6.45) is 3.12. The lowest BCUT2D eigenvalue weighted by molar-refractivity contribution is -0.384. The lowest BCUT2D eigenvalue weighted by atomic mass is 10.0. The Hall–Kier alpha value is -1.95. The third kappa shape index (κ3) is 3.08. The van der Waals surface area contributed by atoms with Crippen molar-refractivity contribution in [1.29, 1.82) is 0 Å². The molecule has 0 aliphatic carbocycles. The highest BCUT2D eigenvalue weighted by atomic mass is 16.6. The first kappa shape index (κ1) is 13.5. The van der Waals surface area contributed by atoms with E-state index in [2.05, 4.69) is 0 Å². The SMILES string of the molecule is O=C(O)C(c1ccc([N+](=O)[O-])cc1)N1CCCCC1. The molecule has 1 aliphatic heterocycles. The van der Waals surface area contributed by atoms with Crippen LogP contribution in [0.25, 0.3) is 0 Å². The molecule has 1 saturated heterocycles. The zero-order valence-corrected chi connectivity index (χ0v) is 10.5. The Bertz CT molecular complexity index is 466. The van der Waals surface area contributed by atoms with Gasteiger partial charge in [-0.15, -0.1) is 0 Å². The van der Waals surface area contributed by atoms with Gasteiger partial charge in [0.15, 0.2) is 0 Å². The number of carboxylic acids is 1. The fourth-order valence-electron chi connectivity index (χ4n) is 2.46. The number of carboxylic acid groups (broad SMARTS) is 1. The highest BCUT2D eigenvalue weighted by molar-refractivity contribution is 5.75. The predicted molar refractivity (Wildman–Crippen MR) is 68.9 cm³/mol. The lowest BCUT2D eigenvalue weighted by Crippen LogP contribution is -2.37. The number of carbonyl (C=O) groups is 1. The molecule has 0 saturated carbocycles. The van der Waals surface area contributed by atoms with Crippen LogP contribution in [0.4, 0.5) is 5.69 Å². The Morgan fingerprint density at radius 1 is 1.21 bits per heavy atom. The third-order valence-electron chi connectivity index (χ3n) is 3.41. The number of nitro groups is 1. The first-order valence-corrected chi connectivity index (χ1v) is 6.31. The maximum absolute atomic E-state index is 11.4. The van der Waals surface area contributed by atoms with E-state index in [-0.39, 0.29) is 5.69 Å². The molecular formula is C13H16N2O4. The number of hydrogen-bond donors (Lipinski definition) is 1. The molecule has 1 N–H and O–H groups in total. The number of benzene rings is 1. The number of non-ortho nitro benzene ring substituents is 1. The maximum atomic E-state index is 11.4. The topological polar surface area (TPSA) is 83.7 Å². The smallest absolute Gasteiger partial charge is 0.325 e. The maximum Gasteiger partial charge on any atom is 0.325 e. The van der Waals surface area contributed by atoms with Gasteiger partial charge in [-0.2, -0.15) is 0 Å². The molecule has 6 nitrogen and oxygen atoms in total. The summed E-state index contributed by atoms with van der Waals surface area (Å²) in [5, 5.41) is 20.0. The Morgan fingerprint density at radius 2 is 1.79 bits per heavy atom. The van der Waals surface area contributed by atoms with E-state index in [1.165, 1.54) is 24.3 Å². The Balaban J connectivity index is 2.23. The van der Waals surface area contributed by atoms with E-state index in [1.807, 2.05) is 4.90 Å². The molecule has 0 aromatic heterocycles. The van der Waals surface area contributed by atoms with Gasteiger partial charge < -0.3 is 5.11 Å². The number of aliphatic carboxylic acids is 1. The van der Waals surface area contributed by atoms with E-state index in [4.69, 9.17) is 0 Å². The van der Waals surface area contributed by atoms with E-state index >= 15 is 0 Å². The minimum absolute atomic E-state index is 0.0217. The third-order valence-corrected chi connectivity index (χ3v) is 3.41. The predicted octanol–water partition coefficient (Wildman–Crippen LogP) is 2.21. The van der Waals surface area contributed by atoms with Gasteiger partial charge in [-0.3, -0.25) is 19.8 Å². The fourth-order valence-corrected chi connectivity index (χ4v) is 2.46. The number of likely N-dealkylation sites (tertiary alicyclic amines) is 1. The summed E-state index contributed by atoms with van der Waals surface area (Å²) in [5.41, 5.74) is 0.575. The van der Waals surface area contributed by atoms with Crippen LogP contribution in [0.2, 0.25) is 0 Å². The molecule has 1 unspecified atom stereocenters. The van der Waals surface area contributed by atoms with Crippen LogP contribution < -0.4 is 0 Å². The van der Waals surface area contributed by atoms with Gasteiger partial charge in [0.1, 0.15) is 6.04 Å². The van der Waals surface area contributed by atoms with Gasteiger partial charge in [-0.05, 0) is 31.5 Å². The highest BCUT2D eigenvalue weighted by Crippen LogP contribution is 2.26. The molecule has 0 spiro atoms. The zero-order valence-electron chi connectivity index (χ0n) is 10.5. The van der Waals surface area contributed by atoms with Crippen LogP contribution in [-0.2, 0) is 4.79 Å². The number of rotatable bonds is 4. The van der Waals surface area contributed by atoms with Crippen molar-refractivity contribution in [2.24, 2.45) is 0 Å². The minimum Gasteiger partial charge on any atom is -0.480 e. The van der Waals surface area contributed by atoms with Crippen molar-refractivity contribution >= 4 is 11.7 Å². The molecule has 1 aromatic rings. The van der Waals surface area contributed by atoms with Gasteiger partial charge in [-0.25, -0.2) is 0 Å². The molecule has 1 heterocycles. The van der Waals surface area contributed by atoms with E-state index in [1.54, 1.807) is 0 Å². The second-order valence-electron chi connectivity index (χ2n) is 4.69. The van der Waals surface area contributed by atoms with E-state index in [0.717, 1.165) is 32.4 Å². The molecular weight excluding hydrogens is 248 g/mol. The summed E-state index contributed by atoms with van der Waals surface area (Å²) >= 11 is 0. The van der Waals surface area contributed by atoms with E-state index < -0.39 is 16.9 Å². The van der Waals surface area contributed by atoms with Gasteiger partial charge in [-0.1, -0.05) is 18.6 Å². The zero-order chi connectivity index (χ0) is 13.8. The highest BCUT2D eigenvalue weighted by Gasteiger charge is 2.28. The quantitative estimate of drug-likeness (QED) is 0.665. The Kier molecular flexibility index (Phi) is 4.11. The van der Waals surface area contributed by atoms with Crippen molar-refractivity contribution in [2.75, 3.05) is 13.1 Å². The second kappa shape index (κ2) is 5.79. The van der Waals surface area contributed by atoms with Gasteiger partial charge in [0.25, 0.3) is 5.69 Å². The fraction of sp³-hybridized carbons (Fsp3) is 0.462. The van der Waals surface area contributed by atoms with Crippen molar-refractivity contribution in [2.45, 2.75) is 25.3 Å². The van der Waals surface area contributed by atoms with Gasteiger partial charge in [0, 0.05) is 12.1 Å². The van der Waals surface area contributed by atoms with Crippen LogP contribution in [0.3, 0.4) is 0 Å². The Labute approximate surface area is 110 Å². The molecule has 1 atom stereocenters. The summed E-state index contributed by atoms with van der Waals surface area (Å²) in [5.74, 6) is -0.907. The summed E-state index contributed by atoms with van der Waals surface area (Å²) in [6, 6.07) is 5.07. The normalized spacial score (nSPS) is 17.9. The van der Waals surface area contributed by atoms with Crippen LogP contribution in [0.1, 0.15) is 30.9 Å². The van der Waals surface area contributed by atoms with Crippen molar-refractivity contribution in [3.63, 3.8) is 0 Å². The van der Waals surface area contributed by atoms with Crippen molar-refractivity contribution in [3.8, 4) is 0 Å². The molecule has 19 heavy (non-hydrogen) atoms. The van der Waals surface area contributed by atoms with Gasteiger partial charge >= 0.3 is 5.97 Å². The molecule has 0 bridgehead atoms. The average molecular weight is 264 g/mol. The molecule has 102 valence electrons. The van der Waals surface area contributed by atoms with Crippen LogP contribution in [0.15, 0.2) is 24.3 Å². The minimum atomic E-state index is -0.907. The number of nitrogens with zero attached hydrogens (tertiary/aromatic N) is 2. The molecule has 1 aromatic carbocycles. The lowest BCUT2D eigenvalue weighted by Gasteiger charge is -2.32. The summed E-state index contributed by atoms with van der Waals surface area (Å²) in [4.78, 5) is 23.5. The summed E-state index contributed by atoms with van der Waals surface area (Å²) in [6.45, 7) is 1.52. The summed E-state index contributed by atoms with van der Waals surface area (Å²) in [7, 11) is 0. The first-order valence-electron chi connectivity index (χ1n) is 6.31. The molecule has 0 radical (unpaired) electrons. The van der Waals surface area contributed by atoms with Gasteiger partial charge in [0.05, 0.1) is 4.92 Å².